The van der Waals surface area contributed by atoms with Gasteiger partial charge in [0, 0.05) is 0 Å². The van der Waals surface area contributed by atoms with Crippen LogP contribution in [0.1, 0.15) is 25.7 Å². The minimum absolute atomic E-state index is 0.408. The van der Waals surface area contributed by atoms with Crippen LogP contribution in [0.5, 0.6) is 0 Å². The minimum Gasteiger partial charge on any atom is -0.480 e. The Labute approximate surface area is 115 Å². The summed E-state index contributed by atoms with van der Waals surface area (Å²) >= 11 is 1.53. The molecule has 1 rings (SSSR count). The molecule has 1 aliphatic carbocycles. The first-order valence-electron chi connectivity index (χ1n) is 6.01. The maximum atomic E-state index is 12.0. The van der Waals surface area contributed by atoms with E-state index in [4.69, 9.17) is 10.8 Å². The third-order valence-corrected chi connectivity index (χ3v) is 3.87. The quantitative estimate of drug-likeness (QED) is 0.521. The first-order chi connectivity index (χ1) is 8.91. The molecule has 0 radical (unpaired) electrons. The molecule has 1 aliphatic rings. The molecular weight excluding hydrogens is 270 g/mol. The number of carbonyl (C=O) groups excluding carboxylic acids is 2. The zero-order valence-corrected chi connectivity index (χ0v) is 11.6. The first-order valence-corrected chi connectivity index (χ1v) is 7.41. The van der Waals surface area contributed by atoms with Crippen LogP contribution < -0.4 is 16.4 Å². The lowest BCUT2D eigenvalue weighted by atomic mass is 9.76. The van der Waals surface area contributed by atoms with E-state index >= 15 is 0 Å². The van der Waals surface area contributed by atoms with Crippen molar-refractivity contribution in [2.24, 2.45) is 5.73 Å². The van der Waals surface area contributed by atoms with E-state index < -0.39 is 29.5 Å². The SMILES string of the molecule is CSCCC(NC(N)=O)C(=O)NC1(C(=O)O)CCC1. The van der Waals surface area contributed by atoms with Gasteiger partial charge in [-0.15, -0.1) is 0 Å². The fraction of sp³-hybridized carbons (Fsp3) is 0.727. The van der Waals surface area contributed by atoms with Crippen molar-refractivity contribution in [3.63, 3.8) is 0 Å². The highest BCUT2D eigenvalue weighted by molar-refractivity contribution is 7.98. The Morgan fingerprint density at radius 3 is 2.42 bits per heavy atom. The lowest BCUT2D eigenvalue weighted by Crippen LogP contribution is -2.63. The molecule has 0 spiro atoms. The molecule has 1 unspecified atom stereocenters. The highest BCUT2D eigenvalue weighted by Crippen LogP contribution is 2.32. The molecule has 108 valence electrons. The number of carboxylic acid groups (broad SMARTS) is 1. The number of nitrogens with two attached hydrogens (primary N) is 1. The van der Waals surface area contributed by atoms with Gasteiger partial charge in [0.25, 0.3) is 0 Å². The lowest BCUT2D eigenvalue weighted by molar-refractivity contribution is -0.152. The predicted octanol–water partition coefficient (Wildman–Crippen LogP) is -0.100. The van der Waals surface area contributed by atoms with Gasteiger partial charge in [0.2, 0.25) is 5.91 Å². The molecule has 1 fully saturated rings. The van der Waals surface area contributed by atoms with Gasteiger partial charge < -0.3 is 21.5 Å². The van der Waals surface area contributed by atoms with Crippen molar-refractivity contribution in [1.29, 1.82) is 0 Å². The van der Waals surface area contributed by atoms with E-state index in [0.717, 1.165) is 6.42 Å². The van der Waals surface area contributed by atoms with Crippen LogP contribution in [-0.4, -0.2) is 46.6 Å². The van der Waals surface area contributed by atoms with Crippen molar-refractivity contribution in [2.45, 2.75) is 37.3 Å². The third kappa shape index (κ3) is 4.02. The Kier molecular flexibility index (Phi) is 5.46. The second kappa shape index (κ2) is 6.65. The van der Waals surface area contributed by atoms with Crippen molar-refractivity contribution in [3.8, 4) is 0 Å². The maximum absolute atomic E-state index is 12.0. The highest BCUT2D eigenvalue weighted by Gasteiger charge is 2.46. The van der Waals surface area contributed by atoms with Gasteiger partial charge in [0.15, 0.2) is 0 Å². The molecule has 7 nitrogen and oxygen atoms in total. The van der Waals surface area contributed by atoms with Crippen LogP contribution in [0.2, 0.25) is 0 Å². The standard InChI is InChI=1S/C11H19N3O4S/c1-19-6-3-7(13-10(12)18)8(15)14-11(9(16)17)4-2-5-11/h7H,2-6H2,1H3,(H,14,15)(H,16,17)(H3,12,13,18). The van der Waals surface area contributed by atoms with E-state index in [-0.39, 0.29) is 0 Å². The van der Waals surface area contributed by atoms with Gasteiger partial charge in [-0.25, -0.2) is 9.59 Å². The third-order valence-electron chi connectivity index (χ3n) is 3.22. The molecule has 8 heteroatoms. The molecule has 0 bridgehead atoms. The van der Waals surface area contributed by atoms with E-state index in [9.17, 15) is 14.4 Å². The molecule has 0 aliphatic heterocycles. The molecule has 0 aromatic carbocycles. The number of aliphatic carboxylic acids is 1. The van der Waals surface area contributed by atoms with Crippen molar-refractivity contribution in [2.75, 3.05) is 12.0 Å². The number of urea groups is 1. The van der Waals surface area contributed by atoms with Crippen LogP contribution in [0, 0.1) is 0 Å². The van der Waals surface area contributed by atoms with E-state index in [1.807, 2.05) is 6.26 Å². The number of nitrogens with one attached hydrogen (secondary N) is 2. The van der Waals surface area contributed by atoms with Crippen molar-refractivity contribution in [1.82, 2.24) is 10.6 Å². The molecule has 0 heterocycles. The minimum atomic E-state index is -1.17. The van der Waals surface area contributed by atoms with Crippen molar-refractivity contribution >= 4 is 29.7 Å². The number of carbonyl (C=O) groups is 3. The largest absolute Gasteiger partial charge is 0.480 e. The second-order valence-corrected chi connectivity index (χ2v) is 5.56. The number of primary amides is 1. The summed E-state index contributed by atoms with van der Waals surface area (Å²) in [5.41, 5.74) is 3.85. The van der Waals surface area contributed by atoms with Gasteiger partial charge in [-0.2, -0.15) is 11.8 Å². The zero-order valence-electron chi connectivity index (χ0n) is 10.8. The van der Waals surface area contributed by atoms with Crippen molar-refractivity contribution < 1.29 is 19.5 Å². The molecule has 5 N–H and O–H groups in total. The fourth-order valence-electron chi connectivity index (χ4n) is 1.92. The van der Waals surface area contributed by atoms with Crippen LogP contribution in [0.15, 0.2) is 0 Å². The lowest BCUT2D eigenvalue weighted by Gasteiger charge is -2.39. The first kappa shape index (κ1) is 15.6. The number of hydrogen-bond donors (Lipinski definition) is 4. The summed E-state index contributed by atoms with van der Waals surface area (Å²) < 4.78 is 0. The molecule has 0 aromatic rings. The van der Waals surface area contributed by atoms with Gasteiger partial charge >= 0.3 is 12.0 Å². The summed E-state index contributed by atoms with van der Waals surface area (Å²) in [5.74, 6) is -0.858. The van der Waals surface area contributed by atoms with E-state index in [1.54, 1.807) is 0 Å². The van der Waals surface area contributed by atoms with Crippen LogP contribution in [-0.2, 0) is 9.59 Å². The zero-order chi connectivity index (χ0) is 14.5. The summed E-state index contributed by atoms with van der Waals surface area (Å²) in [6.07, 6.45) is 3.89. The smallest absolute Gasteiger partial charge is 0.329 e. The van der Waals surface area contributed by atoms with Gasteiger partial charge in [0.05, 0.1) is 0 Å². The van der Waals surface area contributed by atoms with Crippen LogP contribution in [0.4, 0.5) is 4.79 Å². The predicted molar refractivity (Wildman–Crippen MR) is 71.9 cm³/mol. The van der Waals surface area contributed by atoms with E-state index in [0.29, 0.717) is 25.0 Å². The number of amides is 3. The van der Waals surface area contributed by atoms with E-state index in [1.165, 1.54) is 11.8 Å². The molecule has 3 amide bonds. The summed E-state index contributed by atoms with van der Waals surface area (Å²) in [7, 11) is 0. The Balaban J connectivity index is 2.65. The van der Waals surface area contributed by atoms with Gasteiger partial charge in [-0.05, 0) is 37.7 Å². The Morgan fingerprint density at radius 1 is 1.42 bits per heavy atom. The monoisotopic (exact) mass is 289 g/mol. The topological polar surface area (TPSA) is 122 Å². The molecule has 1 atom stereocenters. The van der Waals surface area contributed by atoms with Crippen LogP contribution in [0.3, 0.4) is 0 Å². The Morgan fingerprint density at radius 2 is 2.05 bits per heavy atom. The van der Waals surface area contributed by atoms with Gasteiger partial charge in [0.1, 0.15) is 11.6 Å². The molecule has 19 heavy (non-hydrogen) atoms. The van der Waals surface area contributed by atoms with E-state index in [2.05, 4.69) is 10.6 Å². The number of carboxylic acids is 1. The summed E-state index contributed by atoms with van der Waals surface area (Å²) in [4.78, 5) is 34.1. The molecule has 0 saturated heterocycles. The second-order valence-electron chi connectivity index (χ2n) is 4.57. The average molecular weight is 289 g/mol. The number of rotatable bonds is 7. The number of thioether (sulfide) groups is 1. The van der Waals surface area contributed by atoms with Gasteiger partial charge in [-0.1, -0.05) is 0 Å². The van der Waals surface area contributed by atoms with Crippen LogP contribution >= 0.6 is 11.8 Å². The maximum Gasteiger partial charge on any atom is 0.329 e. The van der Waals surface area contributed by atoms with Crippen molar-refractivity contribution in [3.05, 3.63) is 0 Å². The average Bonchev–Trinajstić information content (AvgIpc) is 2.27. The normalized spacial score (nSPS) is 17.9. The summed E-state index contributed by atoms with van der Waals surface area (Å²) in [5, 5.41) is 14.0. The molecule has 0 aromatic heterocycles. The fourth-order valence-corrected chi connectivity index (χ4v) is 2.39. The highest BCUT2D eigenvalue weighted by atomic mass is 32.2. The Hall–Kier alpha value is -1.44. The Bertz CT molecular complexity index is 371. The van der Waals surface area contributed by atoms with Gasteiger partial charge in [-0.3, -0.25) is 4.79 Å². The summed E-state index contributed by atoms with van der Waals surface area (Å²) in [6, 6.07) is -1.58. The number of hydrogen-bond acceptors (Lipinski definition) is 4. The van der Waals surface area contributed by atoms with Crippen LogP contribution in [0.25, 0.3) is 0 Å². The molecule has 1 saturated carbocycles. The summed E-state index contributed by atoms with van der Waals surface area (Å²) in [6.45, 7) is 0. The molecular formula is C11H19N3O4S.